The SMILES string of the molecule is CC.NC(=O)c1cccc(CCC2C=CC(N)=CC2)c1.NC(=O)c1cccc(CCC2CCCCC2)c1. The van der Waals surface area contributed by atoms with Gasteiger partial charge in [-0.2, -0.15) is 0 Å². The summed E-state index contributed by atoms with van der Waals surface area (Å²) in [5.74, 6) is 0.727. The molecule has 2 aromatic rings. The van der Waals surface area contributed by atoms with E-state index in [1.807, 2.05) is 50.3 Å². The summed E-state index contributed by atoms with van der Waals surface area (Å²) < 4.78 is 0. The lowest BCUT2D eigenvalue weighted by Crippen LogP contribution is -2.11. The van der Waals surface area contributed by atoms with Gasteiger partial charge in [-0.1, -0.05) is 82.4 Å². The maximum atomic E-state index is 11.1. The van der Waals surface area contributed by atoms with Crippen molar-refractivity contribution < 1.29 is 9.59 Å². The summed E-state index contributed by atoms with van der Waals surface area (Å²) in [6.45, 7) is 4.00. The van der Waals surface area contributed by atoms with Crippen LogP contribution in [-0.2, 0) is 12.8 Å². The lowest BCUT2D eigenvalue weighted by Gasteiger charge is -2.21. The Hall–Kier alpha value is -3.34. The van der Waals surface area contributed by atoms with Crippen LogP contribution >= 0.6 is 0 Å². The summed E-state index contributed by atoms with van der Waals surface area (Å²) in [7, 11) is 0. The molecule has 0 spiro atoms. The van der Waals surface area contributed by atoms with Gasteiger partial charge in [-0.25, -0.2) is 0 Å². The predicted molar refractivity (Wildman–Crippen MR) is 154 cm³/mol. The van der Waals surface area contributed by atoms with Crippen LogP contribution in [0.25, 0.3) is 0 Å². The van der Waals surface area contributed by atoms with Gasteiger partial charge in [-0.05, 0) is 85.4 Å². The number of hydrogen-bond donors (Lipinski definition) is 3. The van der Waals surface area contributed by atoms with E-state index in [0.29, 0.717) is 17.0 Å². The van der Waals surface area contributed by atoms with Crippen molar-refractivity contribution in [2.45, 2.75) is 78.1 Å². The van der Waals surface area contributed by atoms with E-state index < -0.39 is 0 Å². The van der Waals surface area contributed by atoms with E-state index in [-0.39, 0.29) is 11.8 Å². The number of hydrogen-bond acceptors (Lipinski definition) is 3. The molecule has 1 fully saturated rings. The highest BCUT2D eigenvalue weighted by atomic mass is 16.1. The molecule has 4 rings (SSSR count). The van der Waals surface area contributed by atoms with E-state index in [2.05, 4.69) is 18.2 Å². The number of amides is 2. The number of carbonyl (C=O) groups excluding carboxylic acids is 2. The molecular formula is C32H45N3O2. The fraction of sp³-hybridized carbons (Fsp3) is 0.438. The summed E-state index contributed by atoms with van der Waals surface area (Å²) in [4.78, 5) is 22.2. The van der Waals surface area contributed by atoms with Gasteiger partial charge in [0.2, 0.25) is 11.8 Å². The Kier molecular flexibility index (Phi) is 13.3. The van der Waals surface area contributed by atoms with Crippen molar-refractivity contribution >= 4 is 11.8 Å². The molecule has 37 heavy (non-hydrogen) atoms. The first kappa shape index (κ1) is 29.9. The Morgan fingerprint density at radius 3 is 1.84 bits per heavy atom. The second kappa shape index (κ2) is 16.4. The molecule has 5 nitrogen and oxygen atoms in total. The zero-order chi connectivity index (χ0) is 27.0. The zero-order valence-corrected chi connectivity index (χ0v) is 22.6. The maximum absolute atomic E-state index is 11.1. The topological polar surface area (TPSA) is 112 Å². The van der Waals surface area contributed by atoms with Crippen molar-refractivity contribution in [2.24, 2.45) is 29.0 Å². The highest BCUT2D eigenvalue weighted by molar-refractivity contribution is 5.93. The van der Waals surface area contributed by atoms with E-state index in [1.165, 1.54) is 44.1 Å². The van der Waals surface area contributed by atoms with Gasteiger partial charge < -0.3 is 17.2 Å². The molecule has 1 atom stereocenters. The molecule has 200 valence electrons. The molecule has 0 heterocycles. The first-order valence-corrected chi connectivity index (χ1v) is 13.8. The molecule has 6 N–H and O–H groups in total. The summed E-state index contributed by atoms with van der Waals surface area (Å²) in [6, 6.07) is 15.3. The van der Waals surface area contributed by atoms with Crippen molar-refractivity contribution in [1.29, 1.82) is 0 Å². The smallest absolute Gasteiger partial charge is 0.248 e. The quantitative estimate of drug-likeness (QED) is 0.384. The lowest BCUT2D eigenvalue weighted by atomic mass is 9.85. The fourth-order valence-electron chi connectivity index (χ4n) is 4.85. The van der Waals surface area contributed by atoms with Gasteiger partial charge in [0, 0.05) is 16.8 Å². The highest BCUT2D eigenvalue weighted by Gasteiger charge is 2.13. The first-order chi connectivity index (χ1) is 17.9. The van der Waals surface area contributed by atoms with E-state index >= 15 is 0 Å². The molecule has 1 unspecified atom stereocenters. The van der Waals surface area contributed by atoms with Gasteiger partial charge in [0.1, 0.15) is 0 Å². The van der Waals surface area contributed by atoms with Crippen molar-refractivity contribution in [3.8, 4) is 0 Å². The summed E-state index contributed by atoms with van der Waals surface area (Å²) in [6.07, 6.45) is 18.5. The molecule has 2 aromatic carbocycles. The van der Waals surface area contributed by atoms with Gasteiger partial charge >= 0.3 is 0 Å². The zero-order valence-electron chi connectivity index (χ0n) is 22.6. The average molecular weight is 504 g/mol. The number of benzene rings is 2. The van der Waals surface area contributed by atoms with E-state index in [9.17, 15) is 9.59 Å². The molecule has 0 radical (unpaired) electrons. The maximum Gasteiger partial charge on any atom is 0.248 e. The Morgan fingerprint density at radius 2 is 1.35 bits per heavy atom. The van der Waals surface area contributed by atoms with E-state index in [0.717, 1.165) is 42.9 Å². The van der Waals surface area contributed by atoms with Gasteiger partial charge in [-0.15, -0.1) is 0 Å². The van der Waals surface area contributed by atoms with Crippen LogP contribution in [0.15, 0.2) is 72.5 Å². The Balaban J connectivity index is 0.000000244. The van der Waals surface area contributed by atoms with Gasteiger partial charge in [0.15, 0.2) is 0 Å². The third kappa shape index (κ3) is 11.1. The molecule has 0 saturated heterocycles. The molecule has 0 bridgehead atoms. The second-order valence-corrected chi connectivity index (χ2v) is 9.77. The van der Waals surface area contributed by atoms with Crippen LogP contribution in [0.5, 0.6) is 0 Å². The molecule has 0 aliphatic heterocycles. The molecule has 1 saturated carbocycles. The summed E-state index contributed by atoms with van der Waals surface area (Å²) in [5.41, 5.74) is 20.7. The van der Waals surface area contributed by atoms with E-state index in [1.54, 1.807) is 12.1 Å². The van der Waals surface area contributed by atoms with Crippen LogP contribution in [0.3, 0.4) is 0 Å². The van der Waals surface area contributed by atoms with Crippen LogP contribution < -0.4 is 17.2 Å². The minimum Gasteiger partial charge on any atom is -0.399 e. The third-order valence-corrected chi connectivity index (χ3v) is 7.01. The molecule has 2 aliphatic carbocycles. The second-order valence-electron chi connectivity index (χ2n) is 9.77. The normalized spacial score (nSPS) is 16.9. The minimum absolute atomic E-state index is 0.329. The molecule has 5 heteroatoms. The van der Waals surface area contributed by atoms with Crippen LogP contribution in [0, 0.1) is 11.8 Å². The van der Waals surface area contributed by atoms with Crippen LogP contribution in [-0.4, -0.2) is 11.8 Å². The third-order valence-electron chi connectivity index (χ3n) is 7.01. The molecule has 0 aromatic heterocycles. The van der Waals surface area contributed by atoms with Crippen LogP contribution in [0.1, 0.15) is 97.1 Å². The van der Waals surface area contributed by atoms with Crippen molar-refractivity contribution in [1.82, 2.24) is 0 Å². The first-order valence-electron chi connectivity index (χ1n) is 13.8. The summed E-state index contributed by atoms with van der Waals surface area (Å²) in [5, 5.41) is 0. The van der Waals surface area contributed by atoms with Crippen molar-refractivity contribution in [2.75, 3.05) is 0 Å². The van der Waals surface area contributed by atoms with Gasteiger partial charge in [0.05, 0.1) is 0 Å². The van der Waals surface area contributed by atoms with Crippen LogP contribution in [0.2, 0.25) is 0 Å². The van der Waals surface area contributed by atoms with Crippen molar-refractivity contribution in [3.05, 3.63) is 94.7 Å². The number of rotatable bonds is 8. The molecular weight excluding hydrogens is 458 g/mol. The highest BCUT2D eigenvalue weighted by Crippen LogP contribution is 2.27. The predicted octanol–water partition coefficient (Wildman–Crippen LogP) is 6.46. The Bertz CT molecular complexity index is 1050. The number of nitrogens with two attached hydrogens (primary N) is 3. The largest absolute Gasteiger partial charge is 0.399 e. The molecule has 2 amide bonds. The van der Waals surface area contributed by atoms with Crippen molar-refractivity contribution in [3.63, 3.8) is 0 Å². The molecule has 2 aliphatic rings. The summed E-state index contributed by atoms with van der Waals surface area (Å²) >= 11 is 0. The van der Waals surface area contributed by atoms with E-state index in [4.69, 9.17) is 17.2 Å². The number of primary amides is 2. The lowest BCUT2D eigenvalue weighted by molar-refractivity contribution is 0.0991. The number of aryl methyl sites for hydroxylation is 2. The Morgan fingerprint density at radius 1 is 0.811 bits per heavy atom. The number of carbonyl (C=O) groups is 2. The average Bonchev–Trinajstić information content (AvgIpc) is 2.94. The fourth-order valence-corrected chi connectivity index (χ4v) is 4.85. The monoisotopic (exact) mass is 503 g/mol. The Labute approximate surface area is 223 Å². The van der Waals surface area contributed by atoms with Crippen LogP contribution in [0.4, 0.5) is 0 Å². The van der Waals surface area contributed by atoms with Gasteiger partial charge in [-0.3, -0.25) is 9.59 Å². The standard InChI is InChI=1S/C15H18N2O.C15H21NO.C2H6/c16-14-8-6-11(7-9-14)4-5-12-2-1-3-13(10-12)15(17)18;16-15(17)14-8-4-7-13(11-14)10-9-12-5-2-1-3-6-12;1-2/h1-3,6,8-11H,4-5,7,16H2,(H2,17,18);4,7-8,11-12H,1-3,5-6,9-10H2,(H2,16,17);1-2H3. The van der Waals surface area contributed by atoms with Gasteiger partial charge in [0.25, 0.3) is 0 Å². The number of allylic oxidation sites excluding steroid dienone is 3. The minimum atomic E-state index is -0.370.